The largest absolute Gasteiger partial charge is 0.486 e. The number of aliphatic hydroxyl groups excluding tert-OH is 1. The Morgan fingerprint density at radius 2 is 1.92 bits per heavy atom. The SMILES string of the molecule is Cc1c(O[C@@H](C)COC2CCN([C@@H]3CCN(c4ncc(C(F)(F)F)cn4)C[C@H]3O)C2=O)cn[nH]c1=O. The second-order valence-corrected chi connectivity index (χ2v) is 8.90. The lowest BCUT2D eigenvalue weighted by Crippen LogP contribution is -2.55. The van der Waals surface area contributed by atoms with Gasteiger partial charge >= 0.3 is 6.18 Å². The zero-order valence-electron chi connectivity index (χ0n) is 19.7. The zero-order chi connectivity index (χ0) is 26.0. The number of halogens is 3. The number of alkyl halides is 3. The Bertz CT molecular complexity index is 1130. The summed E-state index contributed by atoms with van der Waals surface area (Å²) in [6, 6.07) is -0.449. The normalized spacial score (nSPS) is 23.7. The number of likely N-dealkylation sites (tertiary alicyclic amines) is 1. The molecule has 36 heavy (non-hydrogen) atoms. The molecule has 0 aliphatic carbocycles. The van der Waals surface area contributed by atoms with Gasteiger partial charge in [0.05, 0.1) is 36.1 Å². The molecular formula is C22H27F3N6O5. The fraction of sp³-hybridized carbons (Fsp3) is 0.591. The first-order valence-electron chi connectivity index (χ1n) is 11.5. The molecule has 11 nitrogen and oxygen atoms in total. The van der Waals surface area contributed by atoms with E-state index < -0.39 is 36.1 Å². The van der Waals surface area contributed by atoms with Gasteiger partial charge in [0.15, 0.2) is 0 Å². The third kappa shape index (κ3) is 5.59. The average Bonchev–Trinajstić information content (AvgIpc) is 3.20. The molecule has 4 heterocycles. The molecule has 4 atom stereocenters. The molecule has 0 bridgehead atoms. The van der Waals surface area contributed by atoms with E-state index in [2.05, 4.69) is 20.2 Å². The number of nitrogens with one attached hydrogen (secondary N) is 1. The van der Waals surface area contributed by atoms with Crippen molar-refractivity contribution in [3.05, 3.63) is 40.1 Å². The summed E-state index contributed by atoms with van der Waals surface area (Å²) in [6.45, 7) is 4.34. The van der Waals surface area contributed by atoms with Crippen LogP contribution in [-0.2, 0) is 15.7 Å². The van der Waals surface area contributed by atoms with Gasteiger partial charge in [-0.25, -0.2) is 15.1 Å². The van der Waals surface area contributed by atoms with Gasteiger partial charge in [-0.3, -0.25) is 9.59 Å². The van der Waals surface area contributed by atoms with Crippen LogP contribution in [0.25, 0.3) is 0 Å². The fourth-order valence-corrected chi connectivity index (χ4v) is 4.32. The first kappa shape index (κ1) is 25.8. The van der Waals surface area contributed by atoms with Crippen molar-refractivity contribution in [3.8, 4) is 5.75 Å². The first-order chi connectivity index (χ1) is 17.0. The van der Waals surface area contributed by atoms with E-state index >= 15 is 0 Å². The van der Waals surface area contributed by atoms with E-state index in [9.17, 15) is 27.9 Å². The fourth-order valence-electron chi connectivity index (χ4n) is 4.32. The molecule has 2 fully saturated rings. The number of nitrogens with zero attached hydrogens (tertiary/aromatic N) is 5. The van der Waals surface area contributed by atoms with Gasteiger partial charge in [-0.1, -0.05) is 0 Å². The van der Waals surface area contributed by atoms with Crippen LogP contribution in [0.5, 0.6) is 5.75 Å². The summed E-state index contributed by atoms with van der Waals surface area (Å²) in [7, 11) is 0. The highest BCUT2D eigenvalue weighted by Gasteiger charge is 2.42. The number of piperidine rings is 1. The lowest BCUT2D eigenvalue weighted by atomic mass is 10.0. The van der Waals surface area contributed by atoms with E-state index in [4.69, 9.17) is 9.47 Å². The van der Waals surface area contributed by atoms with Crippen molar-refractivity contribution in [1.82, 2.24) is 25.1 Å². The highest BCUT2D eigenvalue weighted by Crippen LogP contribution is 2.30. The van der Waals surface area contributed by atoms with Gasteiger partial charge in [0.1, 0.15) is 18.0 Å². The number of β-amino-alcohol motifs (C(OH)–C–C–N with tert-alkyl or cyclic N) is 1. The van der Waals surface area contributed by atoms with Crippen molar-refractivity contribution in [2.75, 3.05) is 31.1 Å². The summed E-state index contributed by atoms with van der Waals surface area (Å²) in [5.41, 5.74) is -0.905. The minimum atomic E-state index is -4.53. The van der Waals surface area contributed by atoms with Crippen LogP contribution >= 0.6 is 0 Å². The summed E-state index contributed by atoms with van der Waals surface area (Å²) in [5.74, 6) is 0.190. The Morgan fingerprint density at radius 3 is 2.58 bits per heavy atom. The standard InChI is InChI=1S/C22H27F3N6O5/c1-12(36-18-9-28-29-19(33)13(18)2)11-35-17-4-6-31(20(17)34)15-3-5-30(10-16(15)32)21-26-7-14(8-27-21)22(23,24)25/h7-9,12,15-17,32H,3-6,10-11H2,1-2H3,(H,29,33)/t12-,15+,16+,17?/m0/s1. The van der Waals surface area contributed by atoms with Gasteiger partial charge in [-0.2, -0.15) is 18.3 Å². The third-order valence-electron chi connectivity index (χ3n) is 6.30. The van der Waals surface area contributed by atoms with Crippen molar-refractivity contribution in [2.45, 2.75) is 57.2 Å². The van der Waals surface area contributed by atoms with Gasteiger partial charge in [-0.05, 0) is 20.3 Å². The van der Waals surface area contributed by atoms with Crippen LogP contribution in [0.3, 0.4) is 0 Å². The highest BCUT2D eigenvalue weighted by molar-refractivity contribution is 5.83. The number of hydrogen-bond acceptors (Lipinski definition) is 9. The Balaban J connectivity index is 1.28. The van der Waals surface area contributed by atoms with Gasteiger partial charge in [0.2, 0.25) is 5.95 Å². The minimum Gasteiger partial charge on any atom is -0.486 e. The van der Waals surface area contributed by atoms with E-state index in [0.29, 0.717) is 49.6 Å². The van der Waals surface area contributed by atoms with E-state index in [1.807, 2.05) is 0 Å². The van der Waals surface area contributed by atoms with E-state index in [0.717, 1.165) is 0 Å². The number of amides is 1. The Morgan fingerprint density at radius 1 is 1.19 bits per heavy atom. The van der Waals surface area contributed by atoms with Crippen molar-refractivity contribution in [1.29, 1.82) is 0 Å². The van der Waals surface area contributed by atoms with Crippen LogP contribution in [0, 0.1) is 6.92 Å². The second-order valence-electron chi connectivity index (χ2n) is 8.90. The molecule has 1 amide bonds. The molecule has 2 aliphatic heterocycles. The Kier molecular flexibility index (Phi) is 7.45. The van der Waals surface area contributed by atoms with Crippen molar-refractivity contribution < 1.29 is 32.5 Å². The molecular weight excluding hydrogens is 485 g/mol. The maximum absolute atomic E-state index is 13.0. The molecule has 14 heteroatoms. The van der Waals surface area contributed by atoms with Crippen LogP contribution in [-0.4, -0.2) is 86.7 Å². The number of aromatic amines is 1. The number of aliphatic hydroxyl groups is 1. The van der Waals surface area contributed by atoms with E-state index in [-0.39, 0.29) is 30.6 Å². The summed E-state index contributed by atoms with van der Waals surface area (Å²) < 4.78 is 49.7. The molecule has 0 aromatic carbocycles. The highest BCUT2D eigenvalue weighted by atomic mass is 19.4. The van der Waals surface area contributed by atoms with Gasteiger partial charge < -0.3 is 24.4 Å². The molecule has 0 saturated carbocycles. The number of anilines is 1. The first-order valence-corrected chi connectivity index (χ1v) is 11.5. The van der Waals surface area contributed by atoms with E-state index in [1.54, 1.807) is 23.6 Å². The van der Waals surface area contributed by atoms with Gasteiger partial charge in [-0.15, -0.1) is 0 Å². The summed E-state index contributed by atoms with van der Waals surface area (Å²) in [5, 5.41) is 16.7. The number of H-pyrrole nitrogens is 1. The van der Waals surface area contributed by atoms with Crippen LogP contribution in [0.15, 0.2) is 23.4 Å². The predicted molar refractivity (Wildman–Crippen MR) is 119 cm³/mol. The van der Waals surface area contributed by atoms with Crippen molar-refractivity contribution in [3.63, 3.8) is 0 Å². The number of carbonyl (C=O) groups excluding carboxylic acids is 1. The van der Waals surface area contributed by atoms with E-state index in [1.165, 1.54) is 6.20 Å². The summed E-state index contributed by atoms with van der Waals surface area (Å²) >= 11 is 0. The number of ether oxygens (including phenoxy) is 2. The lowest BCUT2D eigenvalue weighted by molar-refractivity contribution is -0.142. The Labute approximate surface area is 204 Å². The maximum atomic E-state index is 13.0. The number of carbonyl (C=O) groups is 1. The predicted octanol–water partition coefficient (Wildman–Crippen LogP) is 0.912. The number of rotatable bonds is 7. The van der Waals surface area contributed by atoms with Crippen LogP contribution in [0.4, 0.5) is 19.1 Å². The summed E-state index contributed by atoms with van der Waals surface area (Å²) in [4.78, 5) is 35.4. The van der Waals surface area contributed by atoms with Crippen LogP contribution < -0.4 is 15.2 Å². The molecule has 2 N–H and O–H groups in total. The molecule has 0 radical (unpaired) electrons. The average molecular weight is 512 g/mol. The third-order valence-corrected chi connectivity index (χ3v) is 6.30. The second kappa shape index (κ2) is 10.4. The van der Waals surface area contributed by atoms with Crippen LogP contribution in [0.1, 0.15) is 30.9 Å². The quantitative estimate of drug-likeness (QED) is 0.555. The molecule has 1 unspecified atom stereocenters. The maximum Gasteiger partial charge on any atom is 0.419 e. The molecule has 2 aromatic rings. The molecule has 2 aliphatic rings. The monoisotopic (exact) mass is 512 g/mol. The number of hydrogen-bond donors (Lipinski definition) is 2. The molecule has 2 saturated heterocycles. The smallest absolute Gasteiger partial charge is 0.419 e. The van der Waals surface area contributed by atoms with Gasteiger partial charge in [0, 0.05) is 38.4 Å². The topological polar surface area (TPSA) is 134 Å². The molecule has 196 valence electrons. The van der Waals surface area contributed by atoms with Crippen molar-refractivity contribution in [2.24, 2.45) is 0 Å². The van der Waals surface area contributed by atoms with Crippen LogP contribution in [0.2, 0.25) is 0 Å². The summed E-state index contributed by atoms with van der Waals surface area (Å²) in [6.07, 6.45) is -2.90. The molecule has 2 aromatic heterocycles. The molecule has 0 spiro atoms. The minimum absolute atomic E-state index is 0.0831. The zero-order valence-corrected chi connectivity index (χ0v) is 19.7. The lowest BCUT2D eigenvalue weighted by Gasteiger charge is -2.40. The van der Waals surface area contributed by atoms with Gasteiger partial charge in [0.25, 0.3) is 11.5 Å². The Hall–Kier alpha value is -3.26. The molecule has 4 rings (SSSR count). The van der Waals surface area contributed by atoms with Crippen molar-refractivity contribution >= 4 is 11.9 Å². The number of aromatic nitrogens is 4.